The van der Waals surface area contributed by atoms with Gasteiger partial charge in [0.05, 0.1) is 0 Å². The van der Waals surface area contributed by atoms with Crippen LogP contribution in [0.2, 0.25) is 0 Å². The molecular weight excluding hydrogens is 296 g/mol. The van der Waals surface area contributed by atoms with Crippen molar-refractivity contribution in [3.63, 3.8) is 0 Å². The Bertz CT molecular complexity index is 495. The van der Waals surface area contributed by atoms with E-state index < -0.39 is 0 Å². The first-order valence-corrected chi connectivity index (χ1v) is 6.62. The van der Waals surface area contributed by atoms with Gasteiger partial charge in [-0.2, -0.15) is 4.98 Å². The third-order valence-corrected chi connectivity index (χ3v) is 2.79. The molecule has 6 heteroatoms. The lowest BCUT2D eigenvalue weighted by atomic mass is 10.3. The average Bonchev–Trinajstić information content (AvgIpc) is 2.78. The Morgan fingerprint density at radius 2 is 2.22 bits per heavy atom. The summed E-state index contributed by atoms with van der Waals surface area (Å²) in [5.74, 6) is 1.16. The molecule has 0 bridgehead atoms. The zero-order valence-corrected chi connectivity index (χ0v) is 11.9. The molecule has 0 fully saturated rings. The lowest BCUT2D eigenvalue weighted by Crippen LogP contribution is -2.25. The number of rotatable bonds is 5. The largest absolute Gasteiger partial charge is 0.339 e. The van der Waals surface area contributed by atoms with Gasteiger partial charge in [0.15, 0.2) is 0 Å². The fourth-order valence-electron chi connectivity index (χ4n) is 1.44. The molecule has 18 heavy (non-hydrogen) atoms. The second-order valence-corrected chi connectivity index (χ2v) is 5.15. The van der Waals surface area contributed by atoms with Crippen LogP contribution in [-0.4, -0.2) is 27.7 Å². The number of hydrogen-bond donors (Lipinski definition) is 1. The highest BCUT2D eigenvalue weighted by Crippen LogP contribution is 2.15. The van der Waals surface area contributed by atoms with Crippen molar-refractivity contribution >= 4 is 15.9 Å². The number of halogens is 1. The first kappa shape index (κ1) is 13.2. The van der Waals surface area contributed by atoms with Crippen LogP contribution < -0.4 is 5.32 Å². The molecule has 2 rings (SSSR count). The predicted octanol–water partition coefficient (Wildman–Crippen LogP) is 2.43. The van der Waals surface area contributed by atoms with Crippen molar-refractivity contribution in [1.82, 2.24) is 20.4 Å². The SMILES string of the molecule is CC(C)NCCc1nc(-c2ccc(Br)cn2)no1. The molecule has 0 aliphatic carbocycles. The van der Waals surface area contributed by atoms with Crippen LogP contribution in [0.25, 0.3) is 11.5 Å². The second kappa shape index (κ2) is 6.06. The molecule has 0 atom stereocenters. The molecule has 0 spiro atoms. The van der Waals surface area contributed by atoms with E-state index in [1.54, 1.807) is 6.20 Å². The normalized spacial score (nSPS) is 11.1. The Morgan fingerprint density at radius 1 is 1.39 bits per heavy atom. The minimum absolute atomic E-state index is 0.459. The topological polar surface area (TPSA) is 63.8 Å². The van der Waals surface area contributed by atoms with Gasteiger partial charge in [-0.1, -0.05) is 19.0 Å². The van der Waals surface area contributed by atoms with Crippen LogP contribution in [0.1, 0.15) is 19.7 Å². The molecule has 0 aliphatic rings. The second-order valence-electron chi connectivity index (χ2n) is 4.23. The maximum atomic E-state index is 5.18. The van der Waals surface area contributed by atoms with Gasteiger partial charge in [-0.25, -0.2) is 0 Å². The first-order chi connectivity index (χ1) is 8.65. The Balaban J connectivity index is 1.99. The Labute approximate surface area is 114 Å². The molecule has 0 aliphatic heterocycles. The molecule has 0 unspecified atom stereocenters. The third-order valence-electron chi connectivity index (χ3n) is 2.32. The molecule has 96 valence electrons. The summed E-state index contributed by atoms with van der Waals surface area (Å²) in [7, 11) is 0. The number of hydrogen-bond acceptors (Lipinski definition) is 5. The number of aromatic nitrogens is 3. The van der Waals surface area contributed by atoms with Crippen molar-refractivity contribution in [3.8, 4) is 11.5 Å². The summed E-state index contributed by atoms with van der Waals surface area (Å²) in [5.41, 5.74) is 0.713. The van der Waals surface area contributed by atoms with Crippen molar-refractivity contribution in [2.45, 2.75) is 26.3 Å². The van der Waals surface area contributed by atoms with Crippen LogP contribution in [0.4, 0.5) is 0 Å². The van der Waals surface area contributed by atoms with Crippen molar-refractivity contribution in [2.75, 3.05) is 6.54 Å². The van der Waals surface area contributed by atoms with Gasteiger partial charge in [-0.15, -0.1) is 0 Å². The molecule has 0 amide bonds. The van der Waals surface area contributed by atoms with Gasteiger partial charge >= 0.3 is 0 Å². The molecule has 2 aromatic heterocycles. The van der Waals surface area contributed by atoms with Crippen molar-refractivity contribution < 1.29 is 4.52 Å². The van der Waals surface area contributed by atoms with Crippen molar-refractivity contribution in [3.05, 3.63) is 28.7 Å². The summed E-state index contributed by atoms with van der Waals surface area (Å²) in [5, 5.41) is 7.22. The van der Waals surface area contributed by atoms with E-state index in [1.807, 2.05) is 12.1 Å². The first-order valence-electron chi connectivity index (χ1n) is 5.83. The van der Waals surface area contributed by atoms with Crippen LogP contribution in [0.3, 0.4) is 0 Å². The van der Waals surface area contributed by atoms with E-state index in [4.69, 9.17) is 4.52 Å². The van der Waals surface area contributed by atoms with E-state index in [-0.39, 0.29) is 0 Å². The summed E-state index contributed by atoms with van der Waals surface area (Å²) >= 11 is 3.34. The van der Waals surface area contributed by atoms with E-state index in [2.05, 4.69) is 50.2 Å². The molecule has 2 aromatic rings. The average molecular weight is 311 g/mol. The molecule has 0 saturated heterocycles. The number of nitrogens with one attached hydrogen (secondary N) is 1. The van der Waals surface area contributed by atoms with Gasteiger partial charge in [0.25, 0.3) is 0 Å². The highest BCUT2D eigenvalue weighted by Gasteiger charge is 2.09. The van der Waals surface area contributed by atoms with Crippen LogP contribution in [-0.2, 0) is 6.42 Å². The lowest BCUT2D eigenvalue weighted by Gasteiger charge is -2.04. The van der Waals surface area contributed by atoms with Gasteiger partial charge in [0.1, 0.15) is 5.69 Å². The van der Waals surface area contributed by atoms with Crippen molar-refractivity contribution in [2.24, 2.45) is 0 Å². The quantitative estimate of drug-likeness (QED) is 0.919. The third kappa shape index (κ3) is 3.61. The Hall–Kier alpha value is -1.27. The predicted molar refractivity (Wildman–Crippen MR) is 72.1 cm³/mol. The van der Waals surface area contributed by atoms with Crippen LogP contribution >= 0.6 is 15.9 Å². The Kier molecular flexibility index (Phi) is 4.43. The smallest absolute Gasteiger partial charge is 0.228 e. The minimum atomic E-state index is 0.459. The fraction of sp³-hybridized carbons (Fsp3) is 0.417. The molecule has 0 radical (unpaired) electrons. The van der Waals surface area contributed by atoms with Gasteiger partial charge in [-0.3, -0.25) is 4.98 Å². The standard InChI is InChI=1S/C12H15BrN4O/c1-8(2)14-6-5-11-16-12(17-18-11)10-4-3-9(13)7-15-10/h3-4,7-8,14H,5-6H2,1-2H3. The minimum Gasteiger partial charge on any atom is -0.339 e. The number of pyridine rings is 1. The van der Waals surface area contributed by atoms with Crippen LogP contribution in [0.5, 0.6) is 0 Å². The van der Waals surface area contributed by atoms with E-state index in [9.17, 15) is 0 Å². The Morgan fingerprint density at radius 3 is 2.89 bits per heavy atom. The van der Waals surface area contributed by atoms with Gasteiger partial charge in [-0.05, 0) is 28.1 Å². The van der Waals surface area contributed by atoms with Crippen molar-refractivity contribution in [1.29, 1.82) is 0 Å². The summed E-state index contributed by atoms with van der Waals surface area (Å²) in [6.07, 6.45) is 2.44. The highest BCUT2D eigenvalue weighted by molar-refractivity contribution is 9.10. The zero-order valence-electron chi connectivity index (χ0n) is 10.4. The lowest BCUT2D eigenvalue weighted by molar-refractivity contribution is 0.374. The van der Waals surface area contributed by atoms with E-state index in [0.29, 0.717) is 23.5 Å². The van der Waals surface area contributed by atoms with Crippen LogP contribution in [0.15, 0.2) is 27.3 Å². The van der Waals surface area contributed by atoms with Gasteiger partial charge in [0, 0.05) is 29.7 Å². The molecule has 5 nitrogen and oxygen atoms in total. The fourth-order valence-corrected chi connectivity index (χ4v) is 1.67. The van der Waals surface area contributed by atoms with Crippen LogP contribution in [0, 0.1) is 0 Å². The van der Waals surface area contributed by atoms with Gasteiger partial charge < -0.3 is 9.84 Å². The maximum absolute atomic E-state index is 5.18. The molecular formula is C12H15BrN4O. The zero-order chi connectivity index (χ0) is 13.0. The van der Waals surface area contributed by atoms with Gasteiger partial charge in [0.2, 0.25) is 11.7 Å². The molecule has 2 heterocycles. The monoisotopic (exact) mass is 310 g/mol. The van der Waals surface area contributed by atoms with E-state index >= 15 is 0 Å². The highest BCUT2D eigenvalue weighted by atomic mass is 79.9. The van der Waals surface area contributed by atoms with E-state index in [0.717, 1.165) is 17.4 Å². The maximum Gasteiger partial charge on any atom is 0.228 e. The summed E-state index contributed by atoms with van der Waals surface area (Å²) in [4.78, 5) is 8.53. The summed E-state index contributed by atoms with van der Waals surface area (Å²) in [6.45, 7) is 5.03. The molecule has 1 N–H and O–H groups in total. The number of nitrogens with zero attached hydrogens (tertiary/aromatic N) is 3. The molecule has 0 saturated carbocycles. The summed E-state index contributed by atoms with van der Waals surface area (Å²) in [6, 6.07) is 4.21. The van der Waals surface area contributed by atoms with E-state index in [1.165, 1.54) is 0 Å². The molecule has 0 aromatic carbocycles. The summed E-state index contributed by atoms with van der Waals surface area (Å²) < 4.78 is 6.11.